The van der Waals surface area contributed by atoms with Gasteiger partial charge in [-0.15, -0.1) is 22.7 Å². The molecule has 156 valence electrons. The molecule has 0 saturated heterocycles. The maximum atomic E-state index is 11.4. The second-order valence-electron chi connectivity index (χ2n) is 8.43. The molecule has 0 atom stereocenters. The van der Waals surface area contributed by atoms with Crippen LogP contribution in [0.25, 0.3) is 31.3 Å². The van der Waals surface area contributed by atoms with E-state index in [4.69, 9.17) is 0 Å². The summed E-state index contributed by atoms with van der Waals surface area (Å²) in [4.78, 5) is 25.5. The zero-order valence-electron chi connectivity index (χ0n) is 18.2. The number of thiophene rings is 2. The van der Waals surface area contributed by atoms with Crippen molar-refractivity contribution in [3.8, 4) is 0 Å². The SMILES string of the molecule is Cc1sc2c(C)c(C=O)ccc2c1C1=C(c2c(C)sc3c(C)c(C=O)ccc23)CCC1. The smallest absolute Gasteiger partial charge is 0.150 e. The minimum atomic E-state index is 0.780. The molecular weight excluding hydrogens is 420 g/mol. The van der Waals surface area contributed by atoms with Crippen molar-refractivity contribution in [1.29, 1.82) is 0 Å². The number of hydrogen-bond donors (Lipinski definition) is 0. The summed E-state index contributed by atoms with van der Waals surface area (Å²) in [7, 11) is 0. The second-order valence-corrected chi connectivity index (χ2v) is 10.9. The van der Waals surface area contributed by atoms with Crippen LogP contribution in [0.4, 0.5) is 0 Å². The lowest BCUT2D eigenvalue weighted by Crippen LogP contribution is -1.91. The molecule has 0 amide bonds. The number of hydrogen-bond acceptors (Lipinski definition) is 4. The maximum absolute atomic E-state index is 11.4. The first-order chi connectivity index (χ1) is 15.0. The molecule has 2 nitrogen and oxygen atoms in total. The first-order valence-electron chi connectivity index (χ1n) is 10.6. The highest BCUT2D eigenvalue weighted by Gasteiger charge is 2.26. The van der Waals surface area contributed by atoms with E-state index < -0.39 is 0 Å². The third-order valence-electron chi connectivity index (χ3n) is 6.72. The molecule has 0 spiro atoms. The maximum Gasteiger partial charge on any atom is 0.150 e. The summed E-state index contributed by atoms with van der Waals surface area (Å²) in [5.74, 6) is 0. The Bertz CT molecular complexity index is 1320. The molecule has 0 bridgehead atoms. The highest BCUT2D eigenvalue weighted by Crippen LogP contribution is 2.50. The molecule has 1 aliphatic rings. The van der Waals surface area contributed by atoms with Crippen molar-refractivity contribution >= 4 is 66.6 Å². The molecule has 2 aromatic carbocycles. The molecule has 0 fully saturated rings. The molecule has 4 aromatic rings. The Hall–Kier alpha value is -2.56. The Morgan fingerprint density at radius 1 is 0.677 bits per heavy atom. The quantitative estimate of drug-likeness (QED) is 0.298. The first-order valence-corrected chi connectivity index (χ1v) is 12.3. The standard InChI is InChI=1S/C27H24O2S2/c1-14-18(12-28)8-10-22-24(16(3)30-26(14)22)20-6-5-7-21(20)25-17(4)31-27-15(2)19(13-29)9-11-23(25)27/h8-13H,5-7H2,1-4H3. The van der Waals surface area contributed by atoms with Gasteiger partial charge in [0.05, 0.1) is 0 Å². The van der Waals surface area contributed by atoms with Gasteiger partial charge in [-0.3, -0.25) is 9.59 Å². The van der Waals surface area contributed by atoms with Crippen LogP contribution in [0.5, 0.6) is 0 Å². The number of aryl methyl sites for hydroxylation is 4. The zero-order valence-corrected chi connectivity index (χ0v) is 19.9. The van der Waals surface area contributed by atoms with Crippen LogP contribution in [-0.4, -0.2) is 12.6 Å². The average Bonchev–Trinajstić information content (AvgIpc) is 3.43. The fourth-order valence-electron chi connectivity index (χ4n) is 5.16. The Kier molecular flexibility index (Phi) is 4.95. The molecular formula is C27H24O2S2. The molecule has 31 heavy (non-hydrogen) atoms. The van der Waals surface area contributed by atoms with Crippen LogP contribution in [0.3, 0.4) is 0 Å². The summed E-state index contributed by atoms with van der Waals surface area (Å²) in [5.41, 5.74) is 9.39. The second kappa shape index (κ2) is 7.54. The van der Waals surface area contributed by atoms with Crippen molar-refractivity contribution in [3.63, 3.8) is 0 Å². The number of allylic oxidation sites excluding steroid dienone is 2. The molecule has 2 heterocycles. The summed E-state index contributed by atoms with van der Waals surface area (Å²) in [6.07, 6.45) is 5.24. The third-order valence-corrected chi connectivity index (χ3v) is 9.21. The summed E-state index contributed by atoms with van der Waals surface area (Å²) in [5, 5.41) is 2.55. The highest BCUT2D eigenvalue weighted by molar-refractivity contribution is 7.20. The van der Waals surface area contributed by atoms with Gasteiger partial charge in [0.1, 0.15) is 12.6 Å². The minimum absolute atomic E-state index is 0.780. The van der Waals surface area contributed by atoms with Crippen molar-refractivity contribution in [2.45, 2.75) is 47.0 Å². The molecule has 0 saturated carbocycles. The number of carbonyl (C=O) groups is 2. The monoisotopic (exact) mass is 444 g/mol. The Balaban J connectivity index is 1.80. The van der Waals surface area contributed by atoms with Gasteiger partial charge < -0.3 is 0 Å². The summed E-state index contributed by atoms with van der Waals surface area (Å²) < 4.78 is 2.46. The third kappa shape index (κ3) is 2.96. The lowest BCUT2D eigenvalue weighted by atomic mass is 9.92. The van der Waals surface area contributed by atoms with Crippen LogP contribution >= 0.6 is 22.7 Å². The zero-order chi connectivity index (χ0) is 21.9. The van der Waals surface area contributed by atoms with E-state index in [1.807, 2.05) is 12.1 Å². The van der Waals surface area contributed by atoms with E-state index >= 15 is 0 Å². The van der Waals surface area contributed by atoms with Gasteiger partial charge in [0.15, 0.2) is 0 Å². The summed E-state index contributed by atoms with van der Waals surface area (Å²) >= 11 is 3.61. The van der Waals surface area contributed by atoms with Gasteiger partial charge in [-0.05, 0) is 80.4 Å². The van der Waals surface area contributed by atoms with E-state index in [1.54, 1.807) is 22.7 Å². The fourth-order valence-corrected chi connectivity index (χ4v) is 7.54. The minimum Gasteiger partial charge on any atom is -0.298 e. The molecule has 1 aliphatic carbocycles. The van der Waals surface area contributed by atoms with Crippen LogP contribution in [0.15, 0.2) is 24.3 Å². The van der Waals surface area contributed by atoms with Gasteiger partial charge in [-0.25, -0.2) is 0 Å². The van der Waals surface area contributed by atoms with E-state index in [0.717, 1.165) is 54.1 Å². The molecule has 0 N–H and O–H groups in total. The first kappa shape index (κ1) is 20.3. The Morgan fingerprint density at radius 2 is 1.10 bits per heavy atom. The Morgan fingerprint density at radius 3 is 1.48 bits per heavy atom. The van der Waals surface area contributed by atoms with Crippen molar-refractivity contribution in [3.05, 3.63) is 67.4 Å². The normalized spacial score (nSPS) is 14.2. The van der Waals surface area contributed by atoms with E-state index in [-0.39, 0.29) is 0 Å². The van der Waals surface area contributed by atoms with Crippen LogP contribution in [0, 0.1) is 27.7 Å². The predicted octanol–water partition coefficient (Wildman–Crippen LogP) is 8.07. The van der Waals surface area contributed by atoms with Gasteiger partial charge in [-0.2, -0.15) is 0 Å². The van der Waals surface area contributed by atoms with E-state index in [1.165, 1.54) is 52.2 Å². The van der Waals surface area contributed by atoms with Gasteiger partial charge in [0.2, 0.25) is 0 Å². The van der Waals surface area contributed by atoms with Crippen molar-refractivity contribution in [2.24, 2.45) is 0 Å². The van der Waals surface area contributed by atoms with E-state index in [0.29, 0.717) is 0 Å². The molecule has 0 radical (unpaired) electrons. The van der Waals surface area contributed by atoms with Crippen molar-refractivity contribution < 1.29 is 9.59 Å². The number of rotatable bonds is 4. The van der Waals surface area contributed by atoms with Crippen LogP contribution in [0.2, 0.25) is 0 Å². The fraction of sp³-hybridized carbons (Fsp3) is 0.259. The van der Waals surface area contributed by atoms with Crippen molar-refractivity contribution in [1.82, 2.24) is 0 Å². The van der Waals surface area contributed by atoms with Gasteiger partial charge in [0.25, 0.3) is 0 Å². The van der Waals surface area contributed by atoms with Crippen LogP contribution in [0.1, 0.15) is 72.0 Å². The predicted molar refractivity (Wildman–Crippen MR) is 134 cm³/mol. The van der Waals surface area contributed by atoms with Crippen LogP contribution in [-0.2, 0) is 0 Å². The average molecular weight is 445 g/mol. The van der Waals surface area contributed by atoms with Gasteiger partial charge in [-0.1, -0.05) is 24.3 Å². The lowest BCUT2D eigenvalue weighted by molar-refractivity contribution is 0.111. The largest absolute Gasteiger partial charge is 0.298 e. The van der Waals surface area contributed by atoms with E-state index in [2.05, 4.69) is 39.8 Å². The van der Waals surface area contributed by atoms with E-state index in [9.17, 15) is 9.59 Å². The topological polar surface area (TPSA) is 34.1 Å². The van der Waals surface area contributed by atoms with Crippen LogP contribution < -0.4 is 0 Å². The molecule has 0 unspecified atom stereocenters. The van der Waals surface area contributed by atoms with Gasteiger partial charge in [0, 0.05) is 41.1 Å². The number of fused-ring (bicyclic) bond motifs is 2. The highest BCUT2D eigenvalue weighted by atomic mass is 32.1. The molecule has 4 heteroatoms. The van der Waals surface area contributed by atoms with Gasteiger partial charge >= 0.3 is 0 Å². The molecule has 0 aliphatic heterocycles. The van der Waals surface area contributed by atoms with Crippen molar-refractivity contribution in [2.75, 3.05) is 0 Å². The molecule has 2 aromatic heterocycles. The summed E-state index contributed by atoms with van der Waals surface area (Å²) in [6.45, 7) is 8.53. The number of benzene rings is 2. The number of aldehydes is 2. The number of carbonyl (C=O) groups excluding carboxylic acids is 2. The molecule has 5 rings (SSSR count). The lowest BCUT2D eigenvalue weighted by Gasteiger charge is -2.11. The summed E-state index contributed by atoms with van der Waals surface area (Å²) in [6, 6.07) is 8.19. The Labute approximate surface area is 190 Å².